The molecule has 3 aliphatic carbocycles. The predicted molar refractivity (Wildman–Crippen MR) is 77.2 cm³/mol. The highest BCUT2D eigenvalue weighted by molar-refractivity contribution is 5.85. The number of hydrogen-bond donors (Lipinski definition) is 1. The quantitative estimate of drug-likeness (QED) is 0.840. The summed E-state index contributed by atoms with van der Waals surface area (Å²) in [6.07, 6.45) is 6.66. The van der Waals surface area contributed by atoms with Crippen molar-refractivity contribution < 1.29 is 4.79 Å². The number of hydrogen-bond acceptors (Lipinski definition) is 2. The molecular weight excluding hydrogens is 260 g/mol. The molecule has 0 spiro atoms. The van der Waals surface area contributed by atoms with Crippen LogP contribution in [0.15, 0.2) is 0 Å². The Morgan fingerprint density at radius 2 is 1.84 bits per heavy atom. The third-order valence-electron chi connectivity index (χ3n) is 6.16. The summed E-state index contributed by atoms with van der Waals surface area (Å²) in [6, 6.07) is 0.526. The molecule has 1 amide bonds. The van der Waals surface area contributed by atoms with Crippen LogP contribution in [-0.2, 0) is 4.79 Å². The Morgan fingerprint density at radius 3 is 2.47 bits per heavy atom. The molecule has 1 aliphatic heterocycles. The molecule has 2 bridgehead atoms. The van der Waals surface area contributed by atoms with Gasteiger partial charge in [0.25, 0.3) is 0 Å². The Morgan fingerprint density at radius 1 is 1.16 bits per heavy atom. The highest BCUT2D eigenvalue weighted by Crippen LogP contribution is 2.69. The van der Waals surface area contributed by atoms with Gasteiger partial charge < -0.3 is 10.2 Å². The number of nitrogens with zero attached hydrogens (tertiary/aromatic N) is 1. The standard InChI is InChI=1S/C15H24N2O.ClH/c1-16-11-3-2-6-17(8-11)15(18)14-12-9-4-5-10(7-9)13(12)14;/h9-14,16H,2-8H2,1H3;1H. The van der Waals surface area contributed by atoms with Gasteiger partial charge in [-0.15, -0.1) is 12.4 Å². The van der Waals surface area contributed by atoms with Crippen molar-refractivity contribution in [2.75, 3.05) is 20.1 Å². The number of rotatable bonds is 2. The lowest BCUT2D eigenvalue weighted by Gasteiger charge is -2.33. The fraction of sp³-hybridized carbons (Fsp3) is 0.933. The van der Waals surface area contributed by atoms with Gasteiger partial charge in [-0.3, -0.25) is 4.79 Å². The zero-order chi connectivity index (χ0) is 12.3. The van der Waals surface area contributed by atoms with Gasteiger partial charge in [0.05, 0.1) is 0 Å². The molecule has 1 N–H and O–H groups in total. The summed E-state index contributed by atoms with van der Waals surface area (Å²) < 4.78 is 0. The summed E-state index contributed by atoms with van der Waals surface area (Å²) >= 11 is 0. The summed E-state index contributed by atoms with van der Waals surface area (Å²) in [4.78, 5) is 14.8. The molecule has 19 heavy (non-hydrogen) atoms. The number of nitrogens with one attached hydrogen (secondary N) is 1. The van der Waals surface area contributed by atoms with Gasteiger partial charge in [-0.1, -0.05) is 0 Å². The van der Waals surface area contributed by atoms with Crippen LogP contribution in [0.3, 0.4) is 0 Å². The maximum Gasteiger partial charge on any atom is 0.226 e. The van der Waals surface area contributed by atoms with E-state index in [1.54, 1.807) is 0 Å². The van der Waals surface area contributed by atoms with Crippen LogP contribution in [-0.4, -0.2) is 37.0 Å². The topological polar surface area (TPSA) is 32.3 Å². The van der Waals surface area contributed by atoms with Crippen molar-refractivity contribution in [1.82, 2.24) is 10.2 Å². The molecule has 4 heteroatoms. The van der Waals surface area contributed by atoms with Crippen LogP contribution >= 0.6 is 12.4 Å². The van der Waals surface area contributed by atoms with Crippen molar-refractivity contribution in [1.29, 1.82) is 0 Å². The maximum atomic E-state index is 12.7. The number of halogens is 1. The van der Waals surface area contributed by atoms with E-state index in [9.17, 15) is 4.79 Å². The van der Waals surface area contributed by atoms with Crippen LogP contribution in [0.25, 0.3) is 0 Å². The molecule has 5 unspecified atom stereocenters. The zero-order valence-electron chi connectivity index (χ0n) is 11.7. The average Bonchev–Trinajstić information content (AvgIpc) is 2.85. The lowest BCUT2D eigenvalue weighted by atomic mass is 10.00. The van der Waals surface area contributed by atoms with Crippen molar-refractivity contribution >= 4 is 18.3 Å². The first-order valence-electron chi connectivity index (χ1n) is 7.75. The Balaban J connectivity index is 0.00000110. The van der Waals surface area contributed by atoms with Crippen LogP contribution < -0.4 is 5.32 Å². The van der Waals surface area contributed by atoms with Gasteiger partial charge in [-0.05, 0) is 62.8 Å². The van der Waals surface area contributed by atoms with Crippen LogP contribution in [0, 0.1) is 29.6 Å². The van der Waals surface area contributed by atoms with Gasteiger partial charge in [-0.2, -0.15) is 0 Å². The number of carbonyl (C=O) groups is 1. The van der Waals surface area contributed by atoms with Crippen LogP contribution in [0.2, 0.25) is 0 Å². The minimum atomic E-state index is 0. The van der Waals surface area contributed by atoms with Gasteiger partial charge >= 0.3 is 0 Å². The van der Waals surface area contributed by atoms with Gasteiger partial charge in [0.15, 0.2) is 0 Å². The monoisotopic (exact) mass is 284 g/mol. The van der Waals surface area contributed by atoms with Crippen LogP contribution in [0.4, 0.5) is 0 Å². The minimum absolute atomic E-state index is 0. The Kier molecular flexibility index (Phi) is 3.55. The lowest BCUT2D eigenvalue weighted by molar-refractivity contribution is -0.135. The Labute approximate surface area is 121 Å². The van der Waals surface area contributed by atoms with Crippen molar-refractivity contribution in [3.63, 3.8) is 0 Å². The largest absolute Gasteiger partial charge is 0.341 e. The van der Waals surface area contributed by atoms with Crippen LogP contribution in [0.5, 0.6) is 0 Å². The predicted octanol–water partition coefficient (Wildman–Crippen LogP) is 1.91. The number of fused-ring (bicyclic) bond motifs is 5. The molecule has 108 valence electrons. The van der Waals surface area contributed by atoms with Crippen molar-refractivity contribution in [2.24, 2.45) is 29.6 Å². The van der Waals surface area contributed by atoms with E-state index in [0.717, 1.165) is 36.8 Å². The third-order valence-corrected chi connectivity index (χ3v) is 6.16. The number of likely N-dealkylation sites (N-methyl/N-ethyl adjacent to an activating group) is 1. The van der Waals surface area contributed by atoms with Crippen molar-refractivity contribution in [2.45, 2.75) is 38.1 Å². The normalized spacial score (nSPS) is 46.7. The van der Waals surface area contributed by atoms with E-state index < -0.39 is 0 Å². The second-order valence-corrected chi connectivity index (χ2v) is 6.93. The van der Waals surface area contributed by atoms with Crippen molar-refractivity contribution in [3.05, 3.63) is 0 Å². The van der Waals surface area contributed by atoms with E-state index in [4.69, 9.17) is 0 Å². The van der Waals surface area contributed by atoms with E-state index in [-0.39, 0.29) is 12.4 Å². The van der Waals surface area contributed by atoms with E-state index in [0.29, 0.717) is 17.9 Å². The van der Waals surface area contributed by atoms with Gasteiger partial charge in [-0.25, -0.2) is 0 Å². The fourth-order valence-corrected chi connectivity index (χ4v) is 5.28. The second-order valence-electron chi connectivity index (χ2n) is 6.93. The first kappa shape index (κ1) is 13.7. The number of carbonyl (C=O) groups excluding carboxylic acids is 1. The van der Waals surface area contributed by atoms with Gasteiger partial charge in [0.2, 0.25) is 5.91 Å². The molecular formula is C15H25ClN2O. The number of amides is 1. The molecule has 0 radical (unpaired) electrons. The van der Waals surface area contributed by atoms with E-state index in [2.05, 4.69) is 10.2 Å². The number of piperidine rings is 1. The first-order valence-corrected chi connectivity index (χ1v) is 7.75. The average molecular weight is 285 g/mol. The molecule has 0 aromatic rings. The highest BCUT2D eigenvalue weighted by atomic mass is 35.5. The number of likely N-dealkylation sites (tertiary alicyclic amines) is 1. The fourth-order valence-electron chi connectivity index (χ4n) is 5.28. The zero-order valence-corrected chi connectivity index (χ0v) is 12.5. The third kappa shape index (κ3) is 2.01. The van der Waals surface area contributed by atoms with Gasteiger partial charge in [0, 0.05) is 25.0 Å². The molecule has 5 atom stereocenters. The molecule has 0 aromatic heterocycles. The molecule has 3 nitrogen and oxygen atoms in total. The molecule has 4 aliphatic rings. The first-order chi connectivity index (χ1) is 8.79. The molecule has 4 rings (SSSR count). The minimum Gasteiger partial charge on any atom is -0.341 e. The summed E-state index contributed by atoms with van der Waals surface area (Å²) in [5.41, 5.74) is 0. The van der Waals surface area contributed by atoms with E-state index in [1.165, 1.54) is 32.1 Å². The van der Waals surface area contributed by atoms with E-state index in [1.807, 2.05) is 7.05 Å². The maximum absolute atomic E-state index is 12.7. The van der Waals surface area contributed by atoms with Crippen molar-refractivity contribution in [3.8, 4) is 0 Å². The SMILES string of the molecule is CNC1CCCN(C(=O)C2C3C4CCC(C4)C23)C1.Cl. The summed E-state index contributed by atoms with van der Waals surface area (Å²) in [5.74, 6) is 4.36. The molecule has 1 saturated heterocycles. The Bertz CT molecular complexity index is 359. The smallest absolute Gasteiger partial charge is 0.226 e. The molecule has 1 heterocycles. The summed E-state index contributed by atoms with van der Waals surface area (Å²) in [6.45, 7) is 1.95. The second kappa shape index (κ2) is 4.92. The van der Waals surface area contributed by atoms with Gasteiger partial charge in [0.1, 0.15) is 0 Å². The molecule has 0 aromatic carbocycles. The van der Waals surface area contributed by atoms with E-state index >= 15 is 0 Å². The highest BCUT2D eigenvalue weighted by Gasteiger charge is 2.68. The van der Waals surface area contributed by atoms with Crippen LogP contribution in [0.1, 0.15) is 32.1 Å². The molecule has 3 saturated carbocycles. The lowest BCUT2D eigenvalue weighted by Crippen LogP contribution is -2.48. The molecule has 4 fully saturated rings. The summed E-state index contributed by atoms with van der Waals surface area (Å²) in [5, 5.41) is 3.33. The Hall–Kier alpha value is -0.280. The summed E-state index contributed by atoms with van der Waals surface area (Å²) in [7, 11) is 2.02.